The van der Waals surface area contributed by atoms with E-state index in [1.54, 1.807) is 30.0 Å². The predicted molar refractivity (Wildman–Crippen MR) is 99.0 cm³/mol. The molecule has 0 aromatic heterocycles. The minimum atomic E-state index is -0.605. The van der Waals surface area contributed by atoms with Gasteiger partial charge in [0.15, 0.2) is 6.61 Å². The Hall–Kier alpha value is -2.80. The van der Waals surface area contributed by atoms with E-state index in [4.69, 9.17) is 4.74 Å². The molecule has 3 rings (SSSR count). The van der Waals surface area contributed by atoms with Gasteiger partial charge in [-0.15, -0.1) is 11.8 Å². The average Bonchev–Trinajstić information content (AvgIpc) is 2.85. The van der Waals surface area contributed by atoms with Crippen LogP contribution in [0.2, 0.25) is 0 Å². The van der Waals surface area contributed by atoms with Crippen LogP contribution in [0.1, 0.15) is 22.3 Å². The molecule has 2 aromatic rings. The molecule has 0 radical (unpaired) electrons. The lowest BCUT2D eigenvalue weighted by molar-refractivity contribution is -0.124. The van der Waals surface area contributed by atoms with Crippen molar-refractivity contribution in [3.8, 4) is 0 Å². The maximum absolute atomic E-state index is 12.2. The first-order chi connectivity index (χ1) is 12.6. The van der Waals surface area contributed by atoms with Crippen molar-refractivity contribution in [1.82, 2.24) is 5.32 Å². The summed E-state index contributed by atoms with van der Waals surface area (Å²) >= 11 is 1.56. The Labute approximate surface area is 155 Å². The zero-order valence-electron chi connectivity index (χ0n) is 14.0. The van der Waals surface area contributed by atoms with Crippen molar-refractivity contribution in [2.45, 2.75) is 17.9 Å². The third-order valence-electron chi connectivity index (χ3n) is 3.74. The van der Waals surface area contributed by atoms with Gasteiger partial charge in [-0.25, -0.2) is 4.79 Å². The van der Waals surface area contributed by atoms with E-state index >= 15 is 0 Å². The molecule has 0 aliphatic carbocycles. The molecule has 0 saturated carbocycles. The Morgan fingerprint density at radius 3 is 2.77 bits per heavy atom. The van der Waals surface area contributed by atoms with Gasteiger partial charge >= 0.3 is 5.97 Å². The number of fused-ring (bicyclic) bond motifs is 1. The van der Waals surface area contributed by atoms with Crippen molar-refractivity contribution in [1.29, 1.82) is 0 Å². The summed E-state index contributed by atoms with van der Waals surface area (Å²) in [6.45, 7) is 0.0170. The monoisotopic (exact) mass is 370 g/mol. The van der Waals surface area contributed by atoms with Crippen LogP contribution in [0.25, 0.3) is 0 Å². The number of nitrogens with one attached hydrogen (secondary N) is 2. The quantitative estimate of drug-likeness (QED) is 0.791. The minimum absolute atomic E-state index is 0.0814. The molecule has 2 amide bonds. The van der Waals surface area contributed by atoms with Crippen LogP contribution >= 0.6 is 11.8 Å². The van der Waals surface area contributed by atoms with Gasteiger partial charge in [0.05, 0.1) is 11.3 Å². The maximum atomic E-state index is 12.2. The zero-order chi connectivity index (χ0) is 18.4. The Kier molecular flexibility index (Phi) is 5.91. The van der Waals surface area contributed by atoms with Gasteiger partial charge in [-0.2, -0.15) is 0 Å². The van der Waals surface area contributed by atoms with Crippen molar-refractivity contribution < 1.29 is 19.1 Å². The molecule has 0 bridgehead atoms. The molecule has 6 nitrogen and oxygen atoms in total. The first-order valence-corrected chi connectivity index (χ1v) is 9.15. The minimum Gasteiger partial charge on any atom is -0.452 e. The number of ether oxygens (including phenoxy) is 1. The van der Waals surface area contributed by atoms with Crippen molar-refractivity contribution in [3.63, 3.8) is 0 Å². The van der Waals surface area contributed by atoms with Crippen molar-refractivity contribution in [2.24, 2.45) is 0 Å². The van der Waals surface area contributed by atoms with Crippen LogP contribution in [0.3, 0.4) is 0 Å². The van der Waals surface area contributed by atoms with Crippen LogP contribution in [-0.2, 0) is 20.9 Å². The summed E-state index contributed by atoms with van der Waals surface area (Å²) in [4.78, 5) is 36.5. The largest absolute Gasteiger partial charge is 0.452 e. The van der Waals surface area contributed by atoms with E-state index in [9.17, 15) is 14.4 Å². The number of esters is 1. The van der Waals surface area contributed by atoms with Gasteiger partial charge in [0.1, 0.15) is 0 Å². The molecule has 1 aliphatic heterocycles. The molecule has 26 heavy (non-hydrogen) atoms. The lowest BCUT2D eigenvalue weighted by atomic mass is 10.2. The number of amides is 2. The van der Waals surface area contributed by atoms with Crippen LogP contribution in [0.4, 0.5) is 5.69 Å². The average molecular weight is 370 g/mol. The topological polar surface area (TPSA) is 84.5 Å². The van der Waals surface area contributed by atoms with E-state index in [0.717, 1.165) is 10.5 Å². The fraction of sp³-hybridized carbons (Fsp3) is 0.211. The lowest BCUT2D eigenvalue weighted by Crippen LogP contribution is -2.28. The number of carbonyl (C=O) groups is 3. The van der Waals surface area contributed by atoms with E-state index in [-0.39, 0.29) is 18.4 Å². The van der Waals surface area contributed by atoms with E-state index in [0.29, 0.717) is 30.0 Å². The highest BCUT2D eigenvalue weighted by Crippen LogP contribution is 2.31. The summed E-state index contributed by atoms with van der Waals surface area (Å²) in [5.74, 6) is -0.362. The molecule has 1 heterocycles. The summed E-state index contributed by atoms with van der Waals surface area (Å²) < 4.78 is 5.06. The number of thioether (sulfide) groups is 1. The number of hydrogen-bond donors (Lipinski definition) is 2. The summed E-state index contributed by atoms with van der Waals surface area (Å²) in [5, 5.41) is 5.47. The second-order valence-electron chi connectivity index (χ2n) is 5.70. The molecule has 0 atom stereocenters. The molecule has 2 aromatic carbocycles. The summed E-state index contributed by atoms with van der Waals surface area (Å²) in [5.41, 5.74) is 1.86. The number of rotatable bonds is 5. The molecule has 134 valence electrons. The standard InChI is InChI=1S/C19H18N2O4S/c22-17-8-9-26-16-7-6-14(10-15(16)21-17)19(24)25-12-18(23)20-11-13-4-2-1-3-5-13/h1-7,10H,8-9,11-12H2,(H,20,23)(H,21,22). The SMILES string of the molecule is O=C(COC(=O)c1ccc2c(c1)NC(=O)CCS2)NCc1ccccc1. The van der Waals surface area contributed by atoms with E-state index < -0.39 is 5.97 Å². The third-order valence-corrected chi connectivity index (χ3v) is 4.82. The van der Waals surface area contributed by atoms with E-state index in [2.05, 4.69) is 10.6 Å². The fourth-order valence-electron chi connectivity index (χ4n) is 2.41. The summed E-state index contributed by atoms with van der Waals surface area (Å²) in [7, 11) is 0. The van der Waals surface area contributed by atoms with E-state index in [1.165, 1.54) is 0 Å². The second-order valence-corrected chi connectivity index (χ2v) is 6.83. The van der Waals surface area contributed by atoms with Crippen molar-refractivity contribution in [2.75, 3.05) is 17.7 Å². The van der Waals surface area contributed by atoms with Gasteiger partial charge in [-0.05, 0) is 23.8 Å². The van der Waals surface area contributed by atoms with E-state index in [1.807, 2.05) is 30.3 Å². The molecule has 1 aliphatic rings. The van der Waals surface area contributed by atoms with Gasteiger partial charge in [-0.3, -0.25) is 9.59 Å². The normalized spacial score (nSPS) is 13.2. The summed E-state index contributed by atoms with van der Waals surface area (Å²) in [6.07, 6.45) is 0.431. The Bertz CT molecular complexity index is 824. The molecule has 7 heteroatoms. The van der Waals surface area contributed by atoms with Crippen LogP contribution in [-0.4, -0.2) is 30.1 Å². The molecule has 0 saturated heterocycles. The Balaban J connectivity index is 1.53. The van der Waals surface area contributed by atoms with Crippen LogP contribution < -0.4 is 10.6 Å². The number of anilines is 1. The van der Waals surface area contributed by atoms with Crippen LogP contribution in [0.15, 0.2) is 53.4 Å². The van der Waals surface area contributed by atoms with Crippen LogP contribution in [0.5, 0.6) is 0 Å². The van der Waals surface area contributed by atoms with Gasteiger partial charge < -0.3 is 15.4 Å². The highest BCUT2D eigenvalue weighted by Gasteiger charge is 2.17. The molecular formula is C19H18N2O4S. The second kappa shape index (κ2) is 8.53. The molecule has 0 unspecified atom stereocenters. The number of benzene rings is 2. The van der Waals surface area contributed by atoms with Gasteiger partial charge in [0, 0.05) is 23.6 Å². The number of hydrogen-bond acceptors (Lipinski definition) is 5. The lowest BCUT2D eigenvalue weighted by Gasteiger charge is -2.09. The Morgan fingerprint density at radius 2 is 1.96 bits per heavy atom. The smallest absolute Gasteiger partial charge is 0.338 e. The fourth-order valence-corrected chi connectivity index (χ4v) is 3.35. The zero-order valence-corrected chi connectivity index (χ0v) is 14.8. The van der Waals surface area contributed by atoms with Gasteiger partial charge in [0.2, 0.25) is 5.91 Å². The highest BCUT2D eigenvalue weighted by atomic mass is 32.2. The maximum Gasteiger partial charge on any atom is 0.338 e. The highest BCUT2D eigenvalue weighted by molar-refractivity contribution is 7.99. The van der Waals surface area contributed by atoms with Crippen molar-refractivity contribution >= 4 is 35.2 Å². The Morgan fingerprint density at radius 1 is 1.15 bits per heavy atom. The predicted octanol–water partition coefficient (Wildman–Crippen LogP) is 2.59. The molecular weight excluding hydrogens is 352 g/mol. The van der Waals surface area contributed by atoms with Crippen molar-refractivity contribution in [3.05, 3.63) is 59.7 Å². The molecule has 2 N–H and O–H groups in total. The first-order valence-electron chi connectivity index (χ1n) is 8.16. The van der Waals surface area contributed by atoms with Gasteiger partial charge in [0.25, 0.3) is 5.91 Å². The number of carbonyl (C=O) groups excluding carboxylic acids is 3. The van der Waals surface area contributed by atoms with Crippen LogP contribution in [0, 0.1) is 0 Å². The molecule has 0 spiro atoms. The first kappa shape index (κ1) is 18.0. The van der Waals surface area contributed by atoms with Gasteiger partial charge in [-0.1, -0.05) is 30.3 Å². The third kappa shape index (κ3) is 4.86. The summed E-state index contributed by atoms with van der Waals surface area (Å²) in [6, 6.07) is 14.5. The molecule has 0 fully saturated rings.